The molecule has 0 radical (unpaired) electrons. The summed E-state index contributed by atoms with van der Waals surface area (Å²) >= 11 is 0. The molecular formula is C11H8F3NO. The third-order valence-corrected chi connectivity index (χ3v) is 2.47. The molecule has 0 unspecified atom stereocenters. The molecule has 5 heteroatoms. The Morgan fingerprint density at radius 1 is 1.31 bits per heavy atom. The molecule has 0 atom stereocenters. The second-order valence-electron chi connectivity index (χ2n) is 3.56. The van der Waals surface area contributed by atoms with Gasteiger partial charge in [0.05, 0.1) is 0 Å². The summed E-state index contributed by atoms with van der Waals surface area (Å²) in [6.07, 6.45) is -3.87. The summed E-state index contributed by atoms with van der Waals surface area (Å²) in [6, 6.07) is 4.09. The molecule has 0 saturated heterocycles. The Morgan fingerprint density at radius 3 is 2.56 bits per heavy atom. The maximum absolute atomic E-state index is 12.5. The molecule has 1 N–H and O–H groups in total. The smallest absolute Gasteiger partial charge is 0.351 e. The average Bonchev–Trinajstić information content (AvgIpc) is 2.63. The first-order chi connectivity index (χ1) is 7.43. The number of halogens is 3. The Hall–Kier alpha value is -1.78. The van der Waals surface area contributed by atoms with Gasteiger partial charge < -0.3 is 4.98 Å². The number of aldehydes is 1. The lowest BCUT2D eigenvalue weighted by molar-refractivity contribution is -0.140. The van der Waals surface area contributed by atoms with E-state index in [-0.39, 0.29) is 5.56 Å². The van der Waals surface area contributed by atoms with Crippen LogP contribution in [0.15, 0.2) is 18.2 Å². The van der Waals surface area contributed by atoms with E-state index in [2.05, 4.69) is 4.98 Å². The topological polar surface area (TPSA) is 32.9 Å². The second-order valence-corrected chi connectivity index (χ2v) is 3.56. The van der Waals surface area contributed by atoms with Crippen LogP contribution < -0.4 is 0 Å². The van der Waals surface area contributed by atoms with Crippen molar-refractivity contribution in [2.24, 2.45) is 0 Å². The first kappa shape index (κ1) is 10.7. The second kappa shape index (κ2) is 3.37. The number of carbonyl (C=O) groups excluding carboxylic acids is 1. The van der Waals surface area contributed by atoms with Crippen LogP contribution in [0.4, 0.5) is 13.2 Å². The molecule has 0 aliphatic carbocycles. The number of benzene rings is 1. The standard InChI is InChI=1S/C11H8F3NO/c1-6-2-3-7(5-16)8-4-9(11(12,13)14)15-10(6)8/h2-5,15H,1H3. The van der Waals surface area contributed by atoms with Crippen LogP contribution in [0.5, 0.6) is 0 Å². The molecule has 0 spiro atoms. The number of fused-ring (bicyclic) bond motifs is 1. The number of alkyl halides is 3. The lowest BCUT2D eigenvalue weighted by Crippen LogP contribution is -2.04. The number of hydrogen-bond donors (Lipinski definition) is 1. The first-order valence-corrected chi connectivity index (χ1v) is 4.58. The van der Waals surface area contributed by atoms with Gasteiger partial charge in [-0.05, 0) is 18.6 Å². The molecule has 0 aliphatic rings. The predicted octanol–water partition coefficient (Wildman–Crippen LogP) is 3.31. The lowest BCUT2D eigenvalue weighted by Gasteiger charge is -2.01. The number of aryl methyl sites for hydroxylation is 1. The number of aromatic amines is 1. The molecule has 0 saturated carbocycles. The van der Waals surface area contributed by atoms with Gasteiger partial charge in [0.15, 0.2) is 6.29 Å². The van der Waals surface area contributed by atoms with Crippen molar-refractivity contribution in [3.05, 3.63) is 35.0 Å². The molecule has 1 aromatic heterocycles. The number of rotatable bonds is 1. The van der Waals surface area contributed by atoms with Crippen LogP contribution in [0.2, 0.25) is 0 Å². The first-order valence-electron chi connectivity index (χ1n) is 4.58. The van der Waals surface area contributed by atoms with Crippen LogP contribution >= 0.6 is 0 Å². The molecular weight excluding hydrogens is 219 g/mol. The van der Waals surface area contributed by atoms with Crippen molar-refractivity contribution in [3.63, 3.8) is 0 Å². The van der Waals surface area contributed by atoms with Gasteiger partial charge in [-0.1, -0.05) is 12.1 Å². The molecule has 0 fully saturated rings. The van der Waals surface area contributed by atoms with Crippen molar-refractivity contribution in [2.75, 3.05) is 0 Å². The van der Waals surface area contributed by atoms with Gasteiger partial charge in [0.1, 0.15) is 5.69 Å². The van der Waals surface area contributed by atoms with Crippen LogP contribution in [-0.4, -0.2) is 11.3 Å². The number of carbonyl (C=O) groups is 1. The highest BCUT2D eigenvalue weighted by Gasteiger charge is 2.32. The quantitative estimate of drug-likeness (QED) is 0.745. The molecule has 0 bridgehead atoms. The summed E-state index contributed by atoms with van der Waals surface area (Å²) < 4.78 is 37.4. The predicted molar refractivity (Wildman–Crippen MR) is 53.4 cm³/mol. The Labute approximate surface area is 89.1 Å². The van der Waals surface area contributed by atoms with Crippen LogP contribution in [-0.2, 0) is 6.18 Å². The Morgan fingerprint density at radius 2 is 2.00 bits per heavy atom. The SMILES string of the molecule is Cc1ccc(C=O)c2cc(C(F)(F)F)[nH]c12. The van der Waals surface area contributed by atoms with E-state index in [0.717, 1.165) is 6.07 Å². The Balaban J connectivity index is 2.78. The summed E-state index contributed by atoms with van der Waals surface area (Å²) in [7, 11) is 0. The lowest BCUT2D eigenvalue weighted by atomic mass is 10.1. The monoisotopic (exact) mass is 227 g/mol. The summed E-state index contributed by atoms with van der Waals surface area (Å²) in [4.78, 5) is 13.0. The van der Waals surface area contributed by atoms with E-state index in [0.29, 0.717) is 22.8 Å². The van der Waals surface area contributed by atoms with Gasteiger partial charge in [-0.25, -0.2) is 0 Å². The number of aromatic nitrogens is 1. The summed E-state index contributed by atoms with van der Waals surface area (Å²) in [5, 5.41) is 0.308. The minimum Gasteiger partial charge on any atom is -0.351 e. The van der Waals surface area contributed by atoms with Crippen LogP contribution in [0, 0.1) is 6.92 Å². The zero-order chi connectivity index (χ0) is 11.9. The fraction of sp³-hybridized carbons (Fsp3) is 0.182. The third-order valence-electron chi connectivity index (χ3n) is 2.47. The van der Waals surface area contributed by atoms with Crippen LogP contribution in [0.25, 0.3) is 10.9 Å². The number of nitrogens with one attached hydrogen (secondary N) is 1. The number of H-pyrrole nitrogens is 1. The fourth-order valence-corrected chi connectivity index (χ4v) is 1.64. The van der Waals surface area contributed by atoms with Crippen molar-refractivity contribution >= 4 is 17.2 Å². The Bertz CT molecular complexity index is 554. The average molecular weight is 227 g/mol. The van der Waals surface area contributed by atoms with Crippen LogP contribution in [0.1, 0.15) is 21.6 Å². The van der Waals surface area contributed by atoms with E-state index < -0.39 is 11.9 Å². The molecule has 84 valence electrons. The third kappa shape index (κ3) is 1.58. The van der Waals surface area contributed by atoms with Gasteiger partial charge in [-0.15, -0.1) is 0 Å². The fourth-order valence-electron chi connectivity index (χ4n) is 1.64. The van der Waals surface area contributed by atoms with Gasteiger partial charge in [0, 0.05) is 16.5 Å². The zero-order valence-electron chi connectivity index (χ0n) is 8.35. The van der Waals surface area contributed by atoms with Crippen molar-refractivity contribution in [1.82, 2.24) is 4.98 Å². The van der Waals surface area contributed by atoms with E-state index in [1.54, 1.807) is 13.0 Å². The summed E-state index contributed by atoms with van der Waals surface area (Å²) in [5.74, 6) is 0. The van der Waals surface area contributed by atoms with Crippen molar-refractivity contribution in [2.45, 2.75) is 13.1 Å². The van der Waals surface area contributed by atoms with Crippen LogP contribution in [0.3, 0.4) is 0 Å². The number of hydrogen-bond acceptors (Lipinski definition) is 1. The van der Waals surface area contributed by atoms with E-state index in [1.807, 2.05) is 0 Å². The highest BCUT2D eigenvalue weighted by molar-refractivity contribution is 5.98. The molecule has 2 rings (SSSR count). The van der Waals surface area contributed by atoms with Crippen molar-refractivity contribution in [1.29, 1.82) is 0 Å². The molecule has 2 aromatic rings. The molecule has 0 amide bonds. The van der Waals surface area contributed by atoms with Gasteiger partial charge >= 0.3 is 6.18 Å². The maximum Gasteiger partial charge on any atom is 0.431 e. The van der Waals surface area contributed by atoms with E-state index in [1.165, 1.54) is 6.07 Å². The van der Waals surface area contributed by atoms with E-state index in [9.17, 15) is 18.0 Å². The van der Waals surface area contributed by atoms with Gasteiger partial charge in [-0.2, -0.15) is 13.2 Å². The zero-order valence-corrected chi connectivity index (χ0v) is 8.35. The summed E-state index contributed by atoms with van der Waals surface area (Å²) in [5.41, 5.74) is 0.459. The van der Waals surface area contributed by atoms with Crippen molar-refractivity contribution in [3.8, 4) is 0 Å². The largest absolute Gasteiger partial charge is 0.431 e. The highest BCUT2D eigenvalue weighted by Crippen LogP contribution is 2.32. The molecule has 16 heavy (non-hydrogen) atoms. The Kier molecular flexibility index (Phi) is 2.26. The highest BCUT2D eigenvalue weighted by atomic mass is 19.4. The molecule has 2 nitrogen and oxygen atoms in total. The van der Waals surface area contributed by atoms with Gasteiger partial charge in [0.2, 0.25) is 0 Å². The van der Waals surface area contributed by atoms with E-state index >= 15 is 0 Å². The van der Waals surface area contributed by atoms with Gasteiger partial charge in [-0.3, -0.25) is 4.79 Å². The van der Waals surface area contributed by atoms with Gasteiger partial charge in [0.25, 0.3) is 0 Å². The molecule has 1 aromatic carbocycles. The molecule has 0 aliphatic heterocycles. The molecule has 1 heterocycles. The normalized spacial score (nSPS) is 12.0. The van der Waals surface area contributed by atoms with E-state index in [4.69, 9.17) is 0 Å². The van der Waals surface area contributed by atoms with Crippen molar-refractivity contribution < 1.29 is 18.0 Å². The minimum atomic E-state index is -4.42. The summed E-state index contributed by atoms with van der Waals surface area (Å²) in [6.45, 7) is 1.69. The minimum absolute atomic E-state index is 0.257. The maximum atomic E-state index is 12.5.